The van der Waals surface area contributed by atoms with Crippen molar-refractivity contribution in [3.63, 3.8) is 0 Å². The first-order valence-electron chi connectivity index (χ1n) is 6.05. The van der Waals surface area contributed by atoms with Crippen LogP contribution < -0.4 is 5.32 Å². The van der Waals surface area contributed by atoms with Crippen molar-refractivity contribution >= 4 is 5.91 Å². The number of nitrogens with zero attached hydrogens (tertiary/aromatic N) is 2. The van der Waals surface area contributed by atoms with Crippen LogP contribution in [0, 0.1) is 13.8 Å². The van der Waals surface area contributed by atoms with E-state index in [1.54, 1.807) is 0 Å². The number of hydrogen-bond donors (Lipinski definition) is 1. The third-order valence-electron chi connectivity index (χ3n) is 3.11. The summed E-state index contributed by atoms with van der Waals surface area (Å²) >= 11 is 0. The number of hydrogen-bond acceptors (Lipinski definition) is 3. The second kappa shape index (κ2) is 4.84. The molecule has 4 nitrogen and oxygen atoms in total. The molecule has 1 amide bonds. The summed E-state index contributed by atoms with van der Waals surface area (Å²) in [5.41, 5.74) is 2.50. The molecule has 0 aromatic carbocycles. The van der Waals surface area contributed by atoms with Crippen LogP contribution in [0.5, 0.6) is 0 Å². The molecule has 0 aliphatic carbocycles. The largest absolute Gasteiger partial charge is 0.336 e. The summed E-state index contributed by atoms with van der Waals surface area (Å²) in [7, 11) is 0. The molecule has 2 rings (SSSR count). The highest BCUT2D eigenvalue weighted by Crippen LogP contribution is 2.11. The van der Waals surface area contributed by atoms with Crippen molar-refractivity contribution in [1.82, 2.24) is 15.2 Å². The average molecular weight is 233 g/mol. The monoisotopic (exact) mass is 233 g/mol. The topological polar surface area (TPSA) is 45.2 Å². The van der Waals surface area contributed by atoms with E-state index in [2.05, 4.69) is 17.2 Å². The second-order valence-electron chi connectivity index (χ2n) is 4.69. The SMILES string of the molecule is Cc1ccc(C(=O)N2CCNC(C)C2)c(C)n1. The molecule has 1 aromatic heterocycles. The zero-order valence-electron chi connectivity index (χ0n) is 10.7. The van der Waals surface area contributed by atoms with Gasteiger partial charge in [-0.05, 0) is 32.9 Å². The molecule has 4 heteroatoms. The van der Waals surface area contributed by atoms with E-state index in [4.69, 9.17) is 0 Å². The maximum atomic E-state index is 12.3. The Morgan fingerprint density at radius 2 is 2.24 bits per heavy atom. The average Bonchev–Trinajstić information content (AvgIpc) is 2.28. The Balaban J connectivity index is 2.18. The van der Waals surface area contributed by atoms with Crippen molar-refractivity contribution < 1.29 is 4.79 Å². The van der Waals surface area contributed by atoms with E-state index in [0.717, 1.165) is 36.6 Å². The maximum absolute atomic E-state index is 12.3. The zero-order valence-corrected chi connectivity index (χ0v) is 10.7. The van der Waals surface area contributed by atoms with Gasteiger partial charge in [-0.3, -0.25) is 9.78 Å². The molecule has 1 N–H and O–H groups in total. The fourth-order valence-electron chi connectivity index (χ4n) is 2.20. The minimum Gasteiger partial charge on any atom is -0.336 e. The van der Waals surface area contributed by atoms with E-state index in [1.165, 1.54) is 0 Å². The van der Waals surface area contributed by atoms with Crippen molar-refractivity contribution in [3.8, 4) is 0 Å². The first kappa shape index (κ1) is 12.0. The number of carbonyl (C=O) groups excluding carboxylic acids is 1. The number of piperazine rings is 1. The molecule has 1 fully saturated rings. The lowest BCUT2D eigenvalue weighted by Crippen LogP contribution is -2.51. The minimum absolute atomic E-state index is 0.100. The van der Waals surface area contributed by atoms with Gasteiger partial charge in [-0.15, -0.1) is 0 Å². The summed E-state index contributed by atoms with van der Waals surface area (Å²) in [5.74, 6) is 0.100. The fraction of sp³-hybridized carbons (Fsp3) is 0.538. The van der Waals surface area contributed by atoms with Gasteiger partial charge < -0.3 is 10.2 Å². The van der Waals surface area contributed by atoms with Gasteiger partial charge in [-0.25, -0.2) is 0 Å². The number of pyridine rings is 1. The van der Waals surface area contributed by atoms with Gasteiger partial charge in [0.25, 0.3) is 5.91 Å². The lowest BCUT2D eigenvalue weighted by molar-refractivity contribution is 0.0708. The number of nitrogens with one attached hydrogen (secondary N) is 1. The molecule has 17 heavy (non-hydrogen) atoms. The number of carbonyl (C=O) groups is 1. The van der Waals surface area contributed by atoms with Gasteiger partial charge in [-0.2, -0.15) is 0 Å². The van der Waals surface area contributed by atoms with Crippen LogP contribution >= 0.6 is 0 Å². The summed E-state index contributed by atoms with van der Waals surface area (Å²) < 4.78 is 0. The van der Waals surface area contributed by atoms with Crippen LogP contribution in [0.1, 0.15) is 28.7 Å². The van der Waals surface area contributed by atoms with E-state index in [1.807, 2.05) is 30.9 Å². The van der Waals surface area contributed by atoms with Crippen LogP contribution in [0.4, 0.5) is 0 Å². The Bertz CT molecular complexity index is 431. The van der Waals surface area contributed by atoms with Gasteiger partial charge in [0.1, 0.15) is 0 Å². The smallest absolute Gasteiger partial charge is 0.255 e. The van der Waals surface area contributed by atoms with E-state index in [0.29, 0.717) is 6.04 Å². The molecule has 0 spiro atoms. The van der Waals surface area contributed by atoms with Crippen molar-refractivity contribution in [2.45, 2.75) is 26.8 Å². The highest BCUT2D eigenvalue weighted by Gasteiger charge is 2.22. The Hall–Kier alpha value is -1.42. The zero-order chi connectivity index (χ0) is 12.4. The van der Waals surface area contributed by atoms with Crippen LogP contribution in [0.15, 0.2) is 12.1 Å². The van der Waals surface area contributed by atoms with Crippen LogP contribution in [-0.2, 0) is 0 Å². The van der Waals surface area contributed by atoms with Gasteiger partial charge in [0.2, 0.25) is 0 Å². The predicted octanol–water partition coefficient (Wildman–Crippen LogP) is 1.13. The second-order valence-corrected chi connectivity index (χ2v) is 4.69. The highest BCUT2D eigenvalue weighted by atomic mass is 16.2. The van der Waals surface area contributed by atoms with E-state index in [9.17, 15) is 4.79 Å². The quantitative estimate of drug-likeness (QED) is 0.791. The molecule has 0 bridgehead atoms. The normalized spacial score (nSPS) is 20.4. The molecule has 1 atom stereocenters. The van der Waals surface area contributed by atoms with Crippen molar-refractivity contribution in [1.29, 1.82) is 0 Å². The Labute approximate surface area is 102 Å². The van der Waals surface area contributed by atoms with E-state index in [-0.39, 0.29) is 5.91 Å². The predicted molar refractivity (Wildman–Crippen MR) is 67.1 cm³/mol. The number of amides is 1. The molecule has 1 aliphatic rings. The minimum atomic E-state index is 0.100. The lowest BCUT2D eigenvalue weighted by atomic mass is 10.1. The Morgan fingerprint density at radius 3 is 2.88 bits per heavy atom. The van der Waals surface area contributed by atoms with Crippen LogP contribution in [0.2, 0.25) is 0 Å². The molecular formula is C13H19N3O. The number of aryl methyl sites for hydroxylation is 2. The summed E-state index contributed by atoms with van der Waals surface area (Å²) in [4.78, 5) is 18.6. The van der Waals surface area contributed by atoms with Gasteiger partial charge in [-0.1, -0.05) is 0 Å². The summed E-state index contributed by atoms with van der Waals surface area (Å²) in [6.07, 6.45) is 0. The molecule has 0 radical (unpaired) electrons. The third kappa shape index (κ3) is 2.64. The fourth-order valence-corrected chi connectivity index (χ4v) is 2.20. The van der Waals surface area contributed by atoms with Crippen LogP contribution in [0.3, 0.4) is 0 Å². The lowest BCUT2D eigenvalue weighted by Gasteiger charge is -2.32. The Morgan fingerprint density at radius 1 is 1.47 bits per heavy atom. The standard InChI is InChI=1S/C13H19N3O/c1-9-4-5-12(11(3)15-9)13(17)16-7-6-14-10(2)8-16/h4-5,10,14H,6-8H2,1-3H3. The highest BCUT2D eigenvalue weighted by molar-refractivity contribution is 5.95. The van der Waals surface area contributed by atoms with Crippen molar-refractivity contribution in [3.05, 3.63) is 29.1 Å². The maximum Gasteiger partial charge on any atom is 0.255 e. The first-order valence-corrected chi connectivity index (χ1v) is 6.05. The summed E-state index contributed by atoms with van der Waals surface area (Å²) in [5, 5.41) is 3.33. The molecule has 1 saturated heterocycles. The van der Waals surface area contributed by atoms with E-state index >= 15 is 0 Å². The molecule has 1 unspecified atom stereocenters. The molecule has 0 saturated carbocycles. The number of rotatable bonds is 1. The summed E-state index contributed by atoms with van der Waals surface area (Å²) in [6, 6.07) is 4.14. The van der Waals surface area contributed by atoms with Gasteiger partial charge in [0.05, 0.1) is 11.3 Å². The molecule has 1 aromatic rings. The third-order valence-corrected chi connectivity index (χ3v) is 3.11. The van der Waals surface area contributed by atoms with Crippen LogP contribution in [0.25, 0.3) is 0 Å². The summed E-state index contributed by atoms with van der Waals surface area (Å²) in [6.45, 7) is 8.34. The van der Waals surface area contributed by atoms with Crippen LogP contribution in [-0.4, -0.2) is 41.5 Å². The van der Waals surface area contributed by atoms with Gasteiger partial charge in [0, 0.05) is 31.4 Å². The van der Waals surface area contributed by atoms with Gasteiger partial charge in [0.15, 0.2) is 0 Å². The Kier molecular flexibility index (Phi) is 3.43. The first-order chi connectivity index (χ1) is 8.08. The number of aromatic nitrogens is 1. The molecule has 1 aliphatic heterocycles. The van der Waals surface area contributed by atoms with Crippen molar-refractivity contribution in [2.24, 2.45) is 0 Å². The van der Waals surface area contributed by atoms with E-state index < -0.39 is 0 Å². The molecule has 2 heterocycles. The van der Waals surface area contributed by atoms with Crippen molar-refractivity contribution in [2.75, 3.05) is 19.6 Å². The molecule has 92 valence electrons. The molecular weight excluding hydrogens is 214 g/mol. The van der Waals surface area contributed by atoms with Gasteiger partial charge >= 0.3 is 0 Å².